The first-order valence-corrected chi connectivity index (χ1v) is 8.03. The van der Waals surface area contributed by atoms with Gasteiger partial charge in [0.05, 0.1) is 12.1 Å². The molecule has 1 heterocycles. The van der Waals surface area contributed by atoms with Crippen LogP contribution in [0.1, 0.15) is 39.2 Å². The SMILES string of the molecule is CCC(C)(C)c1ccc(OC2CNC(C(=O)OC)C2)c(Cl)c1.Cl. The summed E-state index contributed by atoms with van der Waals surface area (Å²) >= 11 is 6.36. The molecule has 1 aromatic rings. The van der Waals surface area contributed by atoms with Crippen LogP contribution in [-0.4, -0.2) is 31.8 Å². The summed E-state index contributed by atoms with van der Waals surface area (Å²) in [5, 5.41) is 3.71. The fraction of sp³-hybridized carbons (Fsp3) is 0.588. The van der Waals surface area contributed by atoms with Gasteiger partial charge in [0.1, 0.15) is 17.9 Å². The maximum atomic E-state index is 11.5. The van der Waals surface area contributed by atoms with Gasteiger partial charge in [-0.15, -0.1) is 12.4 Å². The van der Waals surface area contributed by atoms with Gasteiger partial charge in [-0.2, -0.15) is 0 Å². The van der Waals surface area contributed by atoms with E-state index in [1.807, 2.05) is 12.1 Å². The van der Waals surface area contributed by atoms with Crippen molar-refractivity contribution in [2.75, 3.05) is 13.7 Å². The van der Waals surface area contributed by atoms with Gasteiger partial charge >= 0.3 is 5.97 Å². The van der Waals surface area contributed by atoms with Crippen molar-refractivity contribution in [2.45, 2.75) is 51.2 Å². The van der Waals surface area contributed by atoms with Crippen molar-refractivity contribution >= 4 is 30.0 Å². The molecule has 2 atom stereocenters. The van der Waals surface area contributed by atoms with Gasteiger partial charge in [0.2, 0.25) is 0 Å². The highest BCUT2D eigenvalue weighted by molar-refractivity contribution is 6.32. The van der Waals surface area contributed by atoms with Gasteiger partial charge in [-0.3, -0.25) is 4.79 Å². The second-order valence-corrected chi connectivity index (χ2v) is 6.75. The van der Waals surface area contributed by atoms with Crippen LogP contribution >= 0.6 is 24.0 Å². The monoisotopic (exact) mass is 361 g/mol. The summed E-state index contributed by atoms with van der Waals surface area (Å²) in [5.74, 6) is 0.409. The van der Waals surface area contributed by atoms with E-state index < -0.39 is 0 Å². The lowest BCUT2D eigenvalue weighted by Crippen LogP contribution is -2.31. The first-order valence-electron chi connectivity index (χ1n) is 7.65. The number of halogens is 2. The Kier molecular flexibility index (Phi) is 7.18. The minimum absolute atomic E-state index is 0. The zero-order chi connectivity index (χ0) is 16.3. The molecule has 23 heavy (non-hydrogen) atoms. The number of benzene rings is 1. The Hall–Kier alpha value is -0.970. The number of nitrogens with one attached hydrogen (secondary N) is 1. The Morgan fingerprint density at radius 3 is 2.70 bits per heavy atom. The summed E-state index contributed by atoms with van der Waals surface area (Å²) in [6.45, 7) is 7.16. The van der Waals surface area contributed by atoms with Gasteiger partial charge in [-0.1, -0.05) is 38.4 Å². The molecule has 1 N–H and O–H groups in total. The number of rotatable bonds is 5. The lowest BCUT2D eigenvalue weighted by molar-refractivity contribution is -0.142. The molecular formula is C17H25Cl2NO3. The number of ether oxygens (including phenoxy) is 2. The van der Waals surface area contributed by atoms with Gasteiger partial charge in [0.25, 0.3) is 0 Å². The van der Waals surface area contributed by atoms with E-state index in [1.165, 1.54) is 12.7 Å². The molecule has 0 spiro atoms. The van der Waals surface area contributed by atoms with E-state index in [0.717, 1.165) is 6.42 Å². The average Bonchev–Trinajstić information content (AvgIpc) is 2.97. The van der Waals surface area contributed by atoms with Gasteiger partial charge < -0.3 is 14.8 Å². The van der Waals surface area contributed by atoms with Crippen LogP contribution in [0.3, 0.4) is 0 Å². The normalized spacial score (nSPS) is 20.7. The molecule has 0 aliphatic carbocycles. The molecule has 130 valence electrons. The summed E-state index contributed by atoms with van der Waals surface area (Å²) in [6, 6.07) is 5.65. The van der Waals surface area contributed by atoms with E-state index in [4.69, 9.17) is 21.1 Å². The van der Waals surface area contributed by atoms with Crippen LogP contribution in [0.25, 0.3) is 0 Å². The van der Waals surface area contributed by atoms with Gasteiger partial charge in [-0.05, 0) is 29.5 Å². The number of methoxy groups -OCH3 is 1. The molecule has 2 rings (SSSR count). The predicted molar refractivity (Wildman–Crippen MR) is 94.9 cm³/mol. The number of hydrogen-bond acceptors (Lipinski definition) is 4. The van der Waals surface area contributed by atoms with E-state index in [1.54, 1.807) is 0 Å². The van der Waals surface area contributed by atoms with Crippen LogP contribution in [0.15, 0.2) is 18.2 Å². The molecular weight excluding hydrogens is 337 g/mol. The van der Waals surface area contributed by atoms with Crippen molar-refractivity contribution in [3.8, 4) is 5.75 Å². The summed E-state index contributed by atoms with van der Waals surface area (Å²) in [6.07, 6.45) is 1.55. The maximum Gasteiger partial charge on any atom is 0.323 e. The molecule has 0 aromatic heterocycles. The third kappa shape index (κ3) is 4.75. The van der Waals surface area contributed by atoms with E-state index in [-0.39, 0.29) is 35.9 Å². The Balaban J connectivity index is 0.00000264. The third-order valence-corrected chi connectivity index (χ3v) is 4.76. The van der Waals surface area contributed by atoms with Crippen LogP contribution in [0.2, 0.25) is 5.02 Å². The van der Waals surface area contributed by atoms with Crippen molar-refractivity contribution in [1.82, 2.24) is 5.32 Å². The molecule has 0 radical (unpaired) electrons. The second kappa shape index (κ2) is 8.22. The topological polar surface area (TPSA) is 47.6 Å². The summed E-state index contributed by atoms with van der Waals surface area (Å²) in [7, 11) is 1.39. The highest BCUT2D eigenvalue weighted by Gasteiger charge is 2.31. The number of esters is 1. The van der Waals surface area contributed by atoms with Crippen LogP contribution < -0.4 is 10.1 Å². The number of carbonyl (C=O) groups excluding carboxylic acids is 1. The predicted octanol–water partition coefficient (Wildman–Crippen LogP) is 3.73. The Labute approximate surface area is 149 Å². The maximum absolute atomic E-state index is 11.5. The standard InChI is InChI=1S/C17H24ClNO3.ClH/c1-5-17(2,3)11-6-7-15(13(18)8-11)22-12-9-14(19-10-12)16(20)21-4;/h6-8,12,14,19H,5,9-10H2,1-4H3;1H. The average molecular weight is 362 g/mol. The highest BCUT2D eigenvalue weighted by Crippen LogP contribution is 2.34. The van der Waals surface area contributed by atoms with Crippen molar-refractivity contribution in [3.63, 3.8) is 0 Å². The quantitative estimate of drug-likeness (QED) is 0.811. The molecule has 1 saturated heterocycles. The highest BCUT2D eigenvalue weighted by atomic mass is 35.5. The molecule has 2 unspecified atom stereocenters. The molecule has 1 aromatic carbocycles. The van der Waals surface area contributed by atoms with Crippen LogP contribution in [-0.2, 0) is 14.9 Å². The van der Waals surface area contributed by atoms with Crippen LogP contribution in [0.5, 0.6) is 5.75 Å². The second-order valence-electron chi connectivity index (χ2n) is 6.34. The molecule has 0 bridgehead atoms. The van der Waals surface area contributed by atoms with Crippen molar-refractivity contribution in [1.29, 1.82) is 0 Å². The van der Waals surface area contributed by atoms with Crippen molar-refractivity contribution in [3.05, 3.63) is 28.8 Å². The van der Waals surface area contributed by atoms with Crippen LogP contribution in [0, 0.1) is 0 Å². The first kappa shape index (κ1) is 20.1. The zero-order valence-electron chi connectivity index (χ0n) is 14.0. The lowest BCUT2D eigenvalue weighted by atomic mass is 9.82. The Morgan fingerprint density at radius 2 is 2.13 bits per heavy atom. The molecule has 1 aliphatic rings. The number of hydrogen-bond donors (Lipinski definition) is 1. The molecule has 1 fully saturated rings. The molecule has 4 nitrogen and oxygen atoms in total. The molecule has 6 heteroatoms. The van der Waals surface area contributed by atoms with Crippen LogP contribution in [0.4, 0.5) is 0 Å². The summed E-state index contributed by atoms with van der Waals surface area (Å²) < 4.78 is 10.7. The fourth-order valence-electron chi connectivity index (χ4n) is 2.52. The van der Waals surface area contributed by atoms with E-state index in [2.05, 4.69) is 32.2 Å². The molecule has 0 amide bonds. The largest absolute Gasteiger partial charge is 0.487 e. The fourth-order valence-corrected chi connectivity index (χ4v) is 2.74. The van der Waals surface area contributed by atoms with Crippen molar-refractivity contribution < 1.29 is 14.3 Å². The smallest absolute Gasteiger partial charge is 0.323 e. The number of carbonyl (C=O) groups is 1. The van der Waals surface area contributed by atoms with E-state index in [0.29, 0.717) is 23.7 Å². The summed E-state index contributed by atoms with van der Waals surface area (Å²) in [4.78, 5) is 11.5. The van der Waals surface area contributed by atoms with Gasteiger partial charge in [0.15, 0.2) is 0 Å². The van der Waals surface area contributed by atoms with Gasteiger partial charge in [-0.25, -0.2) is 0 Å². The molecule has 0 saturated carbocycles. The summed E-state index contributed by atoms with van der Waals surface area (Å²) in [5.41, 5.74) is 1.29. The van der Waals surface area contributed by atoms with E-state index >= 15 is 0 Å². The Morgan fingerprint density at radius 1 is 1.43 bits per heavy atom. The minimum Gasteiger partial charge on any atom is -0.487 e. The zero-order valence-corrected chi connectivity index (χ0v) is 15.6. The van der Waals surface area contributed by atoms with Gasteiger partial charge in [0, 0.05) is 13.0 Å². The third-order valence-electron chi connectivity index (χ3n) is 4.47. The minimum atomic E-state index is -0.299. The Bertz CT molecular complexity index is 549. The van der Waals surface area contributed by atoms with Crippen molar-refractivity contribution in [2.24, 2.45) is 0 Å². The molecule has 1 aliphatic heterocycles. The first-order chi connectivity index (χ1) is 10.4. The lowest BCUT2D eigenvalue weighted by Gasteiger charge is -2.24. The van der Waals surface area contributed by atoms with E-state index in [9.17, 15) is 4.79 Å².